The maximum Gasteiger partial charge on any atom is 0.159 e. The highest BCUT2D eigenvalue weighted by Gasteiger charge is 2.11. The molecule has 5 nitrogen and oxygen atoms in total. The molecule has 3 rings (SSSR count). The number of thiazole rings is 1. The van der Waals surface area contributed by atoms with Crippen LogP contribution in [0, 0.1) is 0 Å². The van der Waals surface area contributed by atoms with E-state index in [1.807, 2.05) is 47.3 Å². The molecular formula is C15H14N4OS. The highest BCUT2D eigenvalue weighted by molar-refractivity contribution is 7.07. The Morgan fingerprint density at radius 1 is 1.33 bits per heavy atom. The molecule has 0 saturated carbocycles. The van der Waals surface area contributed by atoms with Gasteiger partial charge in [0.25, 0.3) is 0 Å². The topological polar surface area (TPSA) is 52.3 Å². The molecule has 6 heteroatoms. The Balaban J connectivity index is 1.87. The molecule has 0 radical (unpaired) electrons. The van der Waals surface area contributed by atoms with E-state index in [2.05, 4.69) is 15.1 Å². The maximum absolute atomic E-state index is 5.46. The molecule has 0 aliphatic rings. The number of aryl methyl sites for hydroxylation is 1. The number of hydrogen-bond donors (Lipinski definition) is 0. The Labute approximate surface area is 126 Å². The van der Waals surface area contributed by atoms with E-state index >= 15 is 0 Å². The fourth-order valence-electron chi connectivity index (χ4n) is 1.90. The van der Waals surface area contributed by atoms with E-state index in [-0.39, 0.29) is 0 Å². The first-order valence-corrected chi connectivity index (χ1v) is 7.38. The molecule has 0 aliphatic heterocycles. The molecule has 0 saturated heterocycles. The van der Waals surface area contributed by atoms with Gasteiger partial charge in [0.2, 0.25) is 0 Å². The van der Waals surface area contributed by atoms with Crippen LogP contribution in [0.4, 0.5) is 0 Å². The predicted octanol–water partition coefficient (Wildman–Crippen LogP) is 2.85. The summed E-state index contributed by atoms with van der Waals surface area (Å²) >= 11 is 1.54. The van der Waals surface area contributed by atoms with Crippen molar-refractivity contribution in [1.29, 1.82) is 0 Å². The number of rotatable bonds is 5. The first-order valence-electron chi connectivity index (χ1n) is 6.44. The van der Waals surface area contributed by atoms with Crippen molar-refractivity contribution in [3.63, 3.8) is 0 Å². The van der Waals surface area contributed by atoms with Crippen molar-refractivity contribution >= 4 is 17.0 Å². The first kappa shape index (κ1) is 13.5. The molecule has 106 valence electrons. The van der Waals surface area contributed by atoms with Crippen molar-refractivity contribution in [2.45, 2.75) is 6.61 Å². The Morgan fingerprint density at radius 2 is 2.19 bits per heavy atom. The molecule has 2 heterocycles. The van der Waals surface area contributed by atoms with Gasteiger partial charge in [-0.3, -0.25) is 0 Å². The molecule has 2 aromatic heterocycles. The van der Waals surface area contributed by atoms with E-state index in [0.717, 1.165) is 22.7 Å². The van der Waals surface area contributed by atoms with E-state index < -0.39 is 0 Å². The molecule has 21 heavy (non-hydrogen) atoms. The van der Waals surface area contributed by atoms with Gasteiger partial charge in [-0.15, -0.1) is 11.3 Å². The smallest absolute Gasteiger partial charge is 0.159 e. The third-order valence-electron chi connectivity index (χ3n) is 2.96. The van der Waals surface area contributed by atoms with Gasteiger partial charge in [0.05, 0.1) is 29.4 Å². The van der Waals surface area contributed by atoms with Gasteiger partial charge in [0.15, 0.2) is 6.61 Å². The second-order valence-electron chi connectivity index (χ2n) is 4.45. The van der Waals surface area contributed by atoms with Crippen LogP contribution < -0.4 is 0 Å². The maximum atomic E-state index is 5.46. The third-order valence-corrected chi connectivity index (χ3v) is 3.59. The monoisotopic (exact) mass is 298 g/mol. The summed E-state index contributed by atoms with van der Waals surface area (Å²) in [5.74, 6) is 0. The highest BCUT2D eigenvalue weighted by atomic mass is 32.1. The average Bonchev–Trinajstić information content (AvgIpc) is 3.16. The van der Waals surface area contributed by atoms with Gasteiger partial charge in [-0.05, 0) is 0 Å². The molecule has 3 aromatic rings. The minimum atomic E-state index is 0.359. The lowest BCUT2D eigenvalue weighted by Gasteiger charge is -2.07. The molecular weight excluding hydrogens is 284 g/mol. The van der Waals surface area contributed by atoms with Gasteiger partial charge in [-0.1, -0.05) is 35.5 Å². The van der Waals surface area contributed by atoms with Crippen LogP contribution in [0.5, 0.6) is 0 Å². The fraction of sp³-hybridized carbons (Fsp3) is 0.133. The molecule has 0 amide bonds. The fourth-order valence-corrected chi connectivity index (χ4v) is 2.44. The molecule has 0 bridgehead atoms. The summed E-state index contributed by atoms with van der Waals surface area (Å²) in [5, 5.41) is 6.24. The highest BCUT2D eigenvalue weighted by Crippen LogP contribution is 2.11. The van der Waals surface area contributed by atoms with Crippen molar-refractivity contribution in [3.8, 4) is 0 Å². The van der Waals surface area contributed by atoms with Crippen LogP contribution in [-0.2, 0) is 18.5 Å². The summed E-state index contributed by atoms with van der Waals surface area (Å²) in [4.78, 5) is 13.8. The van der Waals surface area contributed by atoms with Crippen molar-refractivity contribution in [1.82, 2.24) is 14.5 Å². The van der Waals surface area contributed by atoms with Crippen molar-refractivity contribution in [3.05, 3.63) is 70.7 Å². The lowest BCUT2D eigenvalue weighted by molar-refractivity contribution is 0.128. The molecule has 0 N–H and O–H groups in total. The van der Waals surface area contributed by atoms with E-state index in [4.69, 9.17) is 4.84 Å². The van der Waals surface area contributed by atoms with Crippen molar-refractivity contribution < 1.29 is 4.84 Å². The predicted molar refractivity (Wildman–Crippen MR) is 82.2 cm³/mol. The molecule has 0 spiro atoms. The SMILES string of the molecule is Cn1cncc1C(=NOCc1cscn1)c1ccccc1. The lowest BCUT2D eigenvalue weighted by Crippen LogP contribution is -2.09. The second-order valence-corrected chi connectivity index (χ2v) is 5.17. The third kappa shape index (κ3) is 3.17. The Morgan fingerprint density at radius 3 is 2.86 bits per heavy atom. The zero-order valence-corrected chi connectivity index (χ0v) is 12.3. The Hall–Kier alpha value is -2.47. The summed E-state index contributed by atoms with van der Waals surface area (Å²) < 4.78 is 1.91. The summed E-state index contributed by atoms with van der Waals surface area (Å²) in [6, 6.07) is 9.92. The number of benzene rings is 1. The summed E-state index contributed by atoms with van der Waals surface area (Å²) in [7, 11) is 1.93. The van der Waals surface area contributed by atoms with E-state index in [0.29, 0.717) is 6.61 Å². The van der Waals surface area contributed by atoms with Gasteiger partial charge in [-0.2, -0.15) is 0 Å². The molecule has 0 atom stereocenters. The van der Waals surface area contributed by atoms with Crippen LogP contribution in [0.25, 0.3) is 0 Å². The minimum absolute atomic E-state index is 0.359. The zero-order valence-electron chi connectivity index (χ0n) is 11.5. The molecule has 0 aliphatic carbocycles. The van der Waals surface area contributed by atoms with E-state index in [9.17, 15) is 0 Å². The molecule has 1 aromatic carbocycles. The summed E-state index contributed by atoms with van der Waals surface area (Å²) in [6.45, 7) is 0.359. The van der Waals surface area contributed by atoms with Gasteiger partial charge in [0.1, 0.15) is 5.71 Å². The number of imidazole rings is 1. The van der Waals surface area contributed by atoms with Crippen LogP contribution in [0.15, 0.2) is 58.9 Å². The van der Waals surface area contributed by atoms with Gasteiger partial charge >= 0.3 is 0 Å². The van der Waals surface area contributed by atoms with Crippen LogP contribution in [0.2, 0.25) is 0 Å². The van der Waals surface area contributed by atoms with Crippen LogP contribution in [0.3, 0.4) is 0 Å². The summed E-state index contributed by atoms with van der Waals surface area (Å²) in [5.41, 5.74) is 5.30. The number of oxime groups is 1. The largest absolute Gasteiger partial charge is 0.389 e. The Kier molecular flexibility index (Phi) is 4.07. The molecule has 0 fully saturated rings. The number of aromatic nitrogens is 3. The number of hydrogen-bond acceptors (Lipinski definition) is 5. The van der Waals surface area contributed by atoms with Gasteiger partial charge < -0.3 is 9.40 Å². The standard InChI is InChI=1S/C15H14N4OS/c1-19-10-16-7-14(19)15(12-5-3-2-4-6-12)18-20-8-13-9-21-11-17-13/h2-7,9-11H,8H2,1H3. The van der Waals surface area contributed by atoms with E-state index in [1.165, 1.54) is 0 Å². The van der Waals surface area contributed by atoms with Crippen LogP contribution in [0.1, 0.15) is 17.0 Å². The second kappa shape index (κ2) is 6.32. The number of nitrogens with zero attached hydrogens (tertiary/aromatic N) is 4. The normalized spacial score (nSPS) is 11.6. The first-order chi connectivity index (χ1) is 10.3. The van der Waals surface area contributed by atoms with Crippen molar-refractivity contribution in [2.75, 3.05) is 0 Å². The summed E-state index contributed by atoms with van der Waals surface area (Å²) in [6.07, 6.45) is 3.52. The van der Waals surface area contributed by atoms with Crippen LogP contribution >= 0.6 is 11.3 Å². The van der Waals surface area contributed by atoms with E-state index in [1.54, 1.807) is 29.4 Å². The molecule has 0 unspecified atom stereocenters. The van der Waals surface area contributed by atoms with Crippen LogP contribution in [-0.4, -0.2) is 20.2 Å². The van der Waals surface area contributed by atoms with Gasteiger partial charge in [0, 0.05) is 18.0 Å². The Bertz CT molecular complexity index is 719. The average molecular weight is 298 g/mol. The minimum Gasteiger partial charge on any atom is -0.389 e. The van der Waals surface area contributed by atoms with Crippen molar-refractivity contribution in [2.24, 2.45) is 12.2 Å². The zero-order chi connectivity index (χ0) is 14.5. The van der Waals surface area contributed by atoms with Gasteiger partial charge in [-0.25, -0.2) is 9.97 Å². The lowest BCUT2D eigenvalue weighted by atomic mass is 10.1. The quantitative estimate of drug-likeness (QED) is 0.537.